The molecule has 0 radical (unpaired) electrons. The molecule has 1 aromatic carbocycles. The van der Waals surface area contributed by atoms with Gasteiger partial charge in [-0.25, -0.2) is 9.37 Å². The van der Waals surface area contributed by atoms with Crippen LogP contribution in [0.2, 0.25) is 5.02 Å². The highest BCUT2D eigenvalue weighted by Gasteiger charge is 2.28. The SMILES string of the molecule is O=C(c1ccc(F)cc1)C1CCN(c2ncc(C(=O)N3CCCCC3)cc2Cl)CC1. The zero-order chi connectivity index (χ0) is 21.1. The van der Waals surface area contributed by atoms with Gasteiger partial charge >= 0.3 is 0 Å². The molecule has 0 aliphatic carbocycles. The first kappa shape index (κ1) is 20.8. The van der Waals surface area contributed by atoms with Crippen molar-refractivity contribution in [3.05, 3.63) is 58.5 Å². The topological polar surface area (TPSA) is 53.5 Å². The predicted molar refractivity (Wildman–Crippen MR) is 115 cm³/mol. The third-order valence-electron chi connectivity index (χ3n) is 6.01. The molecule has 1 amide bonds. The van der Waals surface area contributed by atoms with E-state index in [4.69, 9.17) is 11.6 Å². The molecule has 7 heteroatoms. The van der Waals surface area contributed by atoms with Gasteiger partial charge in [0.25, 0.3) is 5.91 Å². The van der Waals surface area contributed by atoms with Crippen molar-refractivity contribution in [2.45, 2.75) is 32.1 Å². The number of carbonyl (C=O) groups is 2. The van der Waals surface area contributed by atoms with Gasteiger partial charge in [0, 0.05) is 43.9 Å². The Labute approximate surface area is 180 Å². The molecule has 0 unspecified atom stereocenters. The fourth-order valence-electron chi connectivity index (χ4n) is 4.26. The molecule has 5 nitrogen and oxygen atoms in total. The molecule has 2 saturated heterocycles. The molecule has 4 rings (SSSR count). The molecule has 0 atom stereocenters. The van der Waals surface area contributed by atoms with Gasteiger partial charge in [-0.05, 0) is 62.4 Å². The molecule has 0 saturated carbocycles. The van der Waals surface area contributed by atoms with Gasteiger partial charge < -0.3 is 9.80 Å². The van der Waals surface area contributed by atoms with Crippen LogP contribution < -0.4 is 4.90 Å². The van der Waals surface area contributed by atoms with E-state index in [0.717, 1.165) is 25.9 Å². The highest BCUT2D eigenvalue weighted by molar-refractivity contribution is 6.33. The van der Waals surface area contributed by atoms with E-state index in [-0.39, 0.29) is 23.4 Å². The number of nitrogens with zero attached hydrogens (tertiary/aromatic N) is 3. The number of benzene rings is 1. The number of Topliss-reactive ketones (excluding diaryl/α,β-unsaturated/α-hetero) is 1. The lowest BCUT2D eigenvalue weighted by Crippen LogP contribution is -2.37. The molecule has 2 aromatic rings. The van der Waals surface area contributed by atoms with E-state index >= 15 is 0 Å². The fraction of sp³-hybridized carbons (Fsp3) is 0.435. The van der Waals surface area contributed by atoms with Crippen LogP contribution in [-0.4, -0.2) is 47.8 Å². The number of piperidine rings is 2. The van der Waals surface area contributed by atoms with Crippen molar-refractivity contribution >= 4 is 29.1 Å². The van der Waals surface area contributed by atoms with E-state index in [0.29, 0.717) is 47.9 Å². The molecule has 158 valence electrons. The first-order chi connectivity index (χ1) is 14.5. The summed E-state index contributed by atoms with van der Waals surface area (Å²) in [6.07, 6.45) is 6.22. The van der Waals surface area contributed by atoms with Crippen LogP contribution in [-0.2, 0) is 0 Å². The summed E-state index contributed by atoms with van der Waals surface area (Å²) in [5.41, 5.74) is 1.07. The second-order valence-corrected chi connectivity index (χ2v) is 8.42. The van der Waals surface area contributed by atoms with Gasteiger partial charge in [-0.3, -0.25) is 9.59 Å². The summed E-state index contributed by atoms with van der Waals surface area (Å²) in [6.45, 7) is 2.88. The summed E-state index contributed by atoms with van der Waals surface area (Å²) in [5.74, 6) is 0.254. The van der Waals surface area contributed by atoms with E-state index < -0.39 is 0 Å². The Morgan fingerprint density at radius 2 is 1.63 bits per heavy atom. The minimum absolute atomic E-state index is 0.0146. The maximum Gasteiger partial charge on any atom is 0.255 e. The summed E-state index contributed by atoms with van der Waals surface area (Å²) < 4.78 is 13.1. The fourth-order valence-corrected chi connectivity index (χ4v) is 4.55. The minimum Gasteiger partial charge on any atom is -0.355 e. The largest absolute Gasteiger partial charge is 0.355 e. The average Bonchev–Trinajstić information content (AvgIpc) is 2.79. The molecule has 2 fully saturated rings. The summed E-state index contributed by atoms with van der Waals surface area (Å²) in [5, 5.41) is 0.459. The highest BCUT2D eigenvalue weighted by atomic mass is 35.5. The maximum atomic E-state index is 13.1. The van der Waals surface area contributed by atoms with Crippen LogP contribution in [0.25, 0.3) is 0 Å². The maximum absolute atomic E-state index is 13.1. The lowest BCUT2D eigenvalue weighted by atomic mass is 9.89. The van der Waals surface area contributed by atoms with Crippen molar-refractivity contribution in [2.24, 2.45) is 5.92 Å². The monoisotopic (exact) mass is 429 g/mol. The van der Waals surface area contributed by atoms with E-state index in [1.807, 2.05) is 4.90 Å². The van der Waals surface area contributed by atoms with Gasteiger partial charge in [0.1, 0.15) is 11.6 Å². The van der Waals surface area contributed by atoms with Crippen LogP contribution in [0.5, 0.6) is 0 Å². The Balaban J connectivity index is 1.39. The molecule has 0 bridgehead atoms. The number of likely N-dealkylation sites (tertiary alicyclic amines) is 1. The molecular formula is C23H25ClFN3O2. The lowest BCUT2D eigenvalue weighted by Gasteiger charge is -2.33. The van der Waals surface area contributed by atoms with Crippen LogP contribution in [0.3, 0.4) is 0 Å². The number of hydrogen-bond acceptors (Lipinski definition) is 4. The number of pyridine rings is 1. The number of amides is 1. The molecule has 3 heterocycles. The number of rotatable bonds is 4. The van der Waals surface area contributed by atoms with Crippen LogP contribution in [0.1, 0.15) is 52.8 Å². The summed E-state index contributed by atoms with van der Waals surface area (Å²) in [6, 6.07) is 7.43. The summed E-state index contributed by atoms with van der Waals surface area (Å²) >= 11 is 6.48. The first-order valence-corrected chi connectivity index (χ1v) is 10.9. The summed E-state index contributed by atoms with van der Waals surface area (Å²) in [4.78, 5) is 33.7. The Bertz CT molecular complexity index is 921. The number of aromatic nitrogens is 1. The molecule has 30 heavy (non-hydrogen) atoms. The number of halogens is 2. The third kappa shape index (κ3) is 4.48. The first-order valence-electron chi connectivity index (χ1n) is 10.5. The normalized spacial score (nSPS) is 17.8. The Morgan fingerprint density at radius 3 is 2.27 bits per heavy atom. The Morgan fingerprint density at radius 1 is 0.967 bits per heavy atom. The van der Waals surface area contributed by atoms with E-state index in [1.54, 1.807) is 24.4 Å². The van der Waals surface area contributed by atoms with Crippen LogP contribution in [0, 0.1) is 11.7 Å². The van der Waals surface area contributed by atoms with Crippen molar-refractivity contribution in [1.82, 2.24) is 9.88 Å². The lowest BCUT2D eigenvalue weighted by molar-refractivity contribution is 0.0723. The predicted octanol–water partition coefficient (Wildman–Crippen LogP) is 4.60. The van der Waals surface area contributed by atoms with E-state index in [1.165, 1.54) is 18.6 Å². The smallest absolute Gasteiger partial charge is 0.255 e. The van der Waals surface area contributed by atoms with Crippen molar-refractivity contribution in [3.63, 3.8) is 0 Å². The molecule has 0 spiro atoms. The van der Waals surface area contributed by atoms with Gasteiger partial charge in [0.05, 0.1) is 10.6 Å². The molecule has 2 aliphatic heterocycles. The van der Waals surface area contributed by atoms with Crippen molar-refractivity contribution in [1.29, 1.82) is 0 Å². The van der Waals surface area contributed by atoms with Crippen LogP contribution >= 0.6 is 11.6 Å². The molecule has 1 aromatic heterocycles. The molecular weight excluding hydrogens is 405 g/mol. The average molecular weight is 430 g/mol. The second-order valence-electron chi connectivity index (χ2n) is 8.01. The molecule has 0 N–H and O–H groups in total. The van der Waals surface area contributed by atoms with Crippen LogP contribution in [0.15, 0.2) is 36.5 Å². The number of hydrogen-bond donors (Lipinski definition) is 0. The quantitative estimate of drug-likeness (QED) is 0.666. The summed E-state index contributed by atoms with van der Waals surface area (Å²) in [7, 11) is 0. The Hall–Kier alpha value is -2.47. The van der Waals surface area contributed by atoms with Gasteiger partial charge in [-0.15, -0.1) is 0 Å². The van der Waals surface area contributed by atoms with Crippen molar-refractivity contribution in [3.8, 4) is 0 Å². The van der Waals surface area contributed by atoms with Gasteiger partial charge in [0.2, 0.25) is 0 Å². The highest BCUT2D eigenvalue weighted by Crippen LogP contribution is 2.30. The number of ketones is 1. The van der Waals surface area contributed by atoms with Crippen molar-refractivity contribution in [2.75, 3.05) is 31.1 Å². The van der Waals surface area contributed by atoms with Gasteiger partial charge in [-0.1, -0.05) is 11.6 Å². The second kappa shape index (κ2) is 9.13. The number of carbonyl (C=O) groups excluding carboxylic acids is 2. The minimum atomic E-state index is -0.343. The van der Waals surface area contributed by atoms with Crippen molar-refractivity contribution < 1.29 is 14.0 Å². The van der Waals surface area contributed by atoms with E-state index in [9.17, 15) is 14.0 Å². The number of anilines is 1. The van der Waals surface area contributed by atoms with E-state index in [2.05, 4.69) is 9.88 Å². The molecule has 2 aliphatic rings. The van der Waals surface area contributed by atoms with Gasteiger partial charge in [-0.2, -0.15) is 0 Å². The third-order valence-corrected chi connectivity index (χ3v) is 6.28. The zero-order valence-corrected chi connectivity index (χ0v) is 17.6. The Kier molecular flexibility index (Phi) is 6.32. The van der Waals surface area contributed by atoms with Gasteiger partial charge in [0.15, 0.2) is 5.78 Å². The van der Waals surface area contributed by atoms with Crippen LogP contribution in [0.4, 0.5) is 10.2 Å². The standard InChI is InChI=1S/C23H25ClFN3O2/c24-20-14-18(23(30)28-10-2-1-3-11-28)15-26-22(20)27-12-8-17(9-13-27)21(29)16-4-6-19(25)7-5-16/h4-7,14-15,17H,1-3,8-13H2. The zero-order valence-electron chi connectivity index (χ0n) is 16.8.